The van der Waals surface area contributed by atoms with Crippen LogP contribution in [0.3, 0.4) is 0 Å². The van der Waals surface area contributed by atoms with Crippen molar-refractivity contribution in [2.75, 3.05) is 11.9 Å². The maximum Gasteiger partial charge on any atom is 0.264 e. The van der Waals surface area contributed by atoms with E-state index < -0.39 is 0 Å². The number of hydrogen-bond donors (Lipinski definition) is 1. The predicted octanol–water partition coefficient (Wildman–Crippen LogP) is 4.89. The predicted molar refractivity (Wildman–Crippen MR) is 99.4 cm³/mol. The molecule has 0 aliphatic rings. The first-order valence-corrected chi connectivity index (χ1v) is 8.68. The van der Waals surface area contributed by atoms with E-state index in [0.29, 0.717) is 15.9 Å². The quantitative estimate of drug-likeness (QED) is 0.720. The zero-order valence-corrected chi connectivity index (χ0v) is 15.2. The Morgan fingerprint density at radius 1 is 1.21 bits per heavy atom. The third-order valence-electron chi connectivity index (χ3n) is 3.60. The highest BCUT2D eigenvalue weighted by molar-refractivity contribution is 7.22. The summed E-state index contributed by atoms with van der Waals surface area (Å²) >= 11 is 7.52. The lowest BCUT2D eigenvalue weighted by molar-refractivity contribution is -0.118. The number of carbonyl (C=O) groups excluding carboxylic acids is 1. The Morgan fingerprint density at radius 3 is 2.75 bits per heavy atom. The molecule has 0 spiro atoms. The summed E-state index contributed by atoms with van der Waals surface area (Å²) in [6.45, 7) is 5.86. The molecule has 24 heavy (non-hydrogen) atoms. The van der Waals surface area contributed by atoms with Crippen LogP contribution in [0.4, 0.5) is 5.13 Å². The number of rotatable bonds is 4. The average Bonchev–Trinajstić information content (AvgIpc) is 2.88. The number of carbonyl (C=O) groups is 1. The standard InChI is InChI=1S/C18H17ClN2O2S/c1-10-4-5-15(12(3)6-10)23-9-17(22)21-18-20-14-8-13(19)11(2)7-16(14)24-18/h4-8H,9H2,1-3H3,(H,20,21,22). The molecule has 0 fully saturated rings. The third-order valence-corrected chi connectivity index (χ3v) is 4.95. The van der Waals surface area contributed by atoms with Crippen LogP contribution in [0.25, 0.3) is 10.2 Å². The summed E-state index contributed by atoms with van der Waals surface area (Å²) in [5.41, 5.74) is 3.94. The summed E-state index contributed by atoms with van der Waals surface area (Å²) in [7, 11) is 0. The molecule has 6 heteroatoms. The highest BCUT2D eigenvalue weighted by atomic mass is 35.5. The Labute approximate surface area is 149 Å². The van der Waals surface area contributed by atoms with Crippen molar-refractivity contribution >= 4 is 44.2 Å². The van der Waals surface area contributed by atoms with E-state index in [1.54, 1.807) is 0 Å². The highest BCUT2D eigenvalue weighted by Crippen LogP contribution is 2.30. The zero-order valence-electron chi connectivity index (χ0n) is 13.6. The van der Waals surface area contributed by atoms with E-state index in [0.717, 1.165) is 26.9 Å². The van der Waals surface area contributed by atoms with Crippen LogP contribution in [-0.4, -0.2) is 17.5 Å². The first kappa shape index (κ1) is 16.7. The number of ether oxygens (including phenoxy) is 1. The van der Waals surface area contributed by atoms with Crippen LogP contribution in [0.5, 0.6) is 5.75 Å². The van der Waals surface area contributed by atoms with Crippen LogP contribution < -0.4 is 10.1 Å². The second-order valence-electron chi connectivity index (χ2n) is 5.69. The van der Waals surface area contributed by atoms with Crippen molar-refractivity contribution in [3.05, 3.63) is 52.0 Å². The van der Waals surface area contributed by atoms with Crippen molar-refractivity contribution in [3.63, 3.8) is 0 Å². The van der Waals surface area contributed by atoms with Crippen molar-refractivity contribution in [2.24, 2.45) is 0 Å². The van der Waals surface area contributed by atoms with Crippen molar-refractivity contribution in [1.29, 1.82) is 0 Å². The fourth-order valence-electron chi connectivity index (χ4n) is 2.36. The number of nitrogens with one attached hydrogen (secondary N) is 1. The van der Waals surface area contributed by atoms with Gasteiger partial charge < -0.3 is 4.74 Å². The van der Waals surface area contributed by atoms with Crippen LogP contribution in [-0.2, 0) is 4.79 Å². The van der Waals surface area contributed by atoms with Gasteiger partial charge in [0.15, 0.2) is 11.7 Å². The first-order valence-electron chi connectivity index (χ1n) is 7.49. The maximum absolute atomic E-state index is 12.1. The number of nitrogens with zero attached hydrogens (tertiary/aromatic N) is 1. The minimum Gasteiger partial charge on any atom is -0.483 e. The van der Waals surface area contributed by atoms with Crippen LogP contribution in [0.2, 0.25) is 5.02 Å². The monoisotopic (exact) mass is 360 g/mol. The lowest BCUT2D eigenvalue weighted by Gasteiger charge is -2.09. The van der Waals surface area contributed by atoms with Crippen molar-refractivity contribution < 1.29 is 9.53 Å². The molecule has 0 aliphatic heterocycles. The Morgan fingerprint density at radius 2 is 2.00 bits per heavy atom. The number of hydrogen-bond acceptors (Lipinski definition) is 4. The molecule has 0 bridgehead atoms. The smallest absolute Gasteiger partial charge is 0.264 e. The minimum absolute atomic E-state index is 0.0559. The number of aryl methyl sites for hydroxylation is 3. The van der Waals surface area contributed by atoms with E-state index >= 15 is 0 Å². The molecule has 3 aromatic rings. The second-order valence-corrected chi connectivity index (χ2v) is 7.13. The number of anilines is 1. The second kappa shape index (κ2) is 6.79. The molecule has 0 atom stereocenters. The molecule has 3 rings (SSSR count). The van der Waals surface area contributed by atoms with Gasteiger partial charge in [-0.25, -0.2) is 4.98 Å². The first-order chi connectivity index (χ1) is 11.4. The van der Waals surface area contributed by atoms with E-state index in [1.807, 2.05) is 51.1 Å². The lowest BCUT2D eigenvalue weighted by Crippen LogP contribution is -2.20. The summed E-state index contributed by atoms with van der Waals surface area (Å²) < 4.78 is 6.57. The van der Waals surface area contributed by atoms with Gasteiger partial charge in [0.05, 0.1) is 10.2 Å². The zero-order chi connectivity index (χ0) is 17.3. The summed E-state index contributed by atoms with van der Waals surface area (Å²) in [6, 6.07) is 9.63. The molecular formula is C18H17ClN2O2S. The van der Waals surface area contributed by atoms with Gasteiger partial charge in [-0.1, -0.05) is 40.6 Å². The summed E-state index contributed by atoms with van der Waals surface area (Å²) in [5.74, 6) is 0.472. The van der Waals surface area contributed by atoms with Crippen molar-refractivity contribution in [2.45, 2.75) is 20.8 Å². The number of thiazole rings is 1. The molecule has 1 heterocycles. The topological polar surface area (TPSA) is 51.2 Å². The molecule has 2 aromatic carbocycles. The highest BCUT2D eigenvalue weighted by Gasteiger charge is 2.10. The lowest BCUT2D eigenvalue weighted by atomic mass is 10.1. The molecule has 0 saturated carbocycles. The van der Waals surface area contributed by atoms with Gasteiger partial charge in [0.1, 0.15) is 5.75 Å². The summed E-state index contributed by atoms with van der Waals surface area (Å²) in [6.07, 6.45) is 0. The SMILES string of the molecule is Cc1ccc(OCC(=O)Nc2nc3cc(Cl)c(C)cc3s2)c(C)c1. The van der Waals surface area contributed by atoms with Crippen LogP contribution in [0, 0.1) is 20.8 Å². The number of aromatic nitrogens is 1. The fourth-order valence-corrected chi connectivity index (χ4v) is 3.48. The van der Waals surface area contributed by atoms with E-state index in [2.05, 4.69) is 10.3 Å². The van der Waals surface area contributed by atoms with Crippen molar-refractivity contribution in [3.8, 4) is 5.75 Å². The normalized spacial score (nSPS) is 10.8. The number of amides is 1. The van der Waals surface area contributed by atoms with E-state index in [4.69, 9.17) is 16.3 Å². The van der Waals surface area contributed by atoms with Gasteiger partial charge in [0.25, 0.3) is 5.91 Å². The Bertz CT molecular complexity index is 882. The Hall–Kier alpha value is -2.11. The minimum atomic E-state index is -0.239. The van der Waals surface area contributed by atoms with Gasteiger partial charge >= 0.3 is 0 Å². The Balaban J connectivity index is 1.66. The van der Waals surface area contributed by atoms with Gasteiger partial charge in [-0.2, -0.15) is 0 Å². The summed E-state index contributed by atoms with van der Waals surface area (Å²) in [4.78, 5) is 16.5. The van der Waals surface area contributed by atoms with Gasteiger partial charge in [0, 0.05) is 5.02 Å². The molecular weight excluding hydrogens is 344 g/mol. The average molecular weight is 361 g/mol. The van der Waals surface area contributed by atoms with Crippen LogP contribution in [0.1, 0.15) is 16.7 Å². The van der Waals surface area contributed by atoms with Crippen LogP contribution >= 0.6 is 22.9 Å². The molecule has 1 amide bonds. The molecule has 0 saturated heterocycles. The number of benzene rings is 2. The molecule has 0 aliphatic carbocycles. The molecule has 1 N–H and O–H groups in total. The Kier molecular flexibility index (Phi) is 4.73. The molecule has 0 unspecified atom stereocenters. The van der Waals surface area contributed by atoms with Crippen molar-refractivity contribution in [1.82, 2.24) is 4.98 Å². The van der Waals surface area contributed by atoms with E-state index in [1.165, 1.54) is 11.3 Å². The number of halogens is 1. The molecule has 1 aromatic heterocycles. The largest absolute Gasteiger partial charge is 0.483 e. The molecule has 124 valence electrons. The van der Waals surface area contributed by atoms with E-state index in [-0.39, 0.29) is 12.5 Å². The van der Waals surface area contributed by atoms with Gasteiger partial charge in [0.2, 0.25) is 0 Å². The van der Waals surface area contributed by atoms with Gasteiger partial charge in [-0.05, 0) is 50.1 Å². The van der Waals surface area contributed by atoms with Gasteiger partial charge in [-0.3, -0.25) is 10.1 Å². The third kappa shape index (κ3) is 3.68. The summed E-state index contributed by atoms with van der Waals surface area (Å²) in [5, 5.41) is 3.98. The maximum atomic E-state index is 12.1. The molecule has 4 nitrogen and oxygen atoms in total. The molecule has 0 radical (unpaired) electrons. The van der Waals surface area contributed by atoms with Crippen LogP contribution in [0.15, 0.2) is 30.3 Å². The number of fused-ring (bicyclic) bond motifs is 1. The van der Waals surface area contributed by atoms with Gasteiger partial charge in [-0.15, -0.1) is 0 Å². The van der Waals surface area contributed by atoms with E-state index in [9.17, 15) is 4.79 Å². The fraction of sp³-hybridized carbons (Fsp3) is 0.222.